The highest BCUT2D eigenvalue weighted by Crippen LogP contribution is 2.41. The molecule has 1 aromatic heterocycles. The maximum absolute atomic E-state index is 13.0. The molecule has 2 N–H and O–H groups in total. The Kier molecular flexibility index (Phi) is 4.14. The van der Waals surface area contributed by atoms with Crippen molar-refractivity contribution >= 4 is 11.0 Å². The Bertz CT molecular complexity index is 1000. The fraction of sp³-hybridized carbons (Fsp3) is 0.167. The Morgan fingerprint density at radius 1 is 0.960 bits per heavy atom. The van der Waals surface area contributed by atoms with Crippen LogP contribution in [-0.4, -0.2) is 31.5 Å². The number of aromatic hydroxyl groups is 2. The predicted octanol–water partition coefficient (Wildman–Crippen LogP) is 2.90. The maximum atomic E-state index is 13.0. The molecule has 0 fully saturated rings. The molecule has 0 atom stereocenters. The predicted molar refractivity (Wildman–Crippen MR) is 90.9 cm³/mol. The second-order valence-electron chi connectivity index (χ2n) is 5.17. The zero-order valence-corrected chi connectivity index (χ0v) is 13.8. The van der Waals surface area contributed by atoms with Crippen LogP contribution < -0.4 is 19.6 Å². The summed E-state index contributed by atoms with van der Waals surface area (Å²) in [5.74, 6) is 0.0503. The van der Waals surface area contributed by atoms with Gasteiger partial charge in [0.1, 0.15) is 17.4 Å². The number of para-hydroxylation sites is 1. The van der Waals surface area contributed by atoms with E-state index < -0.39 is 5.43 Å². The van der Waals surface area contributed by atoms with Crippen LogP contribution in [0.3, 0.4) is 0 Å². The van der Waals surface area contributed by atoms with Gasteiger partial charge in [-0.3, -0.25) is 4.79 Å². The molecule has 0 saturated carbocycles. The quantitative estimate of drug-likeness (QED) is 0.751. The summed E-state index contributed by atoms with van der Waals surface area (Å²) in [6, 6.07) is 6.05. The van der Waals surface area contributed by atoms with E-state index >= 15 is 0 Å². The summed E-state index contributed by atoms with van der Waals surface area (Å²) in [5, 5.41) is 20.2. The molecule has 0 saturated heterocycles. The number of hydrogen-bond donors (Lipinski definition) is 2. The van der Waals surface area contributed by atoms with Gasteiger partial charge in [0.2, 0.25) is 11.2 Å². The topological polar surface area (TPSA) is 98.4 Å². The first-order valence-corrected chi connectivity index (χ1v) is 7.29. The van der Waals surface area contributed by atoms with Gasteiger partial charge in [-0.15, -0.1) is 0 Å². The van der Waals surface area contributed by atoms with Crippen molar-refractivity contribution in [2.24, 2.45) is 0 Å². The second-order valence-corrected chi connectivity index (χ2v) is 5.17. The Morgan fingerprint density at radius 2 is 1.68 bits per heavy atom. The third kappa shape index (κ3) is 2.50. The largest absolute Gasteiger partial charge is 0.504 e. The average molecular weight is 344 g/mol. The summed E-state index contributed by atoms with van der Waals surface area (Å²) in [6.07, 6.45) is 1.19. The van der Waals surface area contributed by atoms with Crippen molar-refractivity contribution in [3.63, 3.8) is 0 Å². The zero-order chi connectivity index (χ0) is 18.1. The van der Waals surface area contributed by atoms with Crippen LogP contribution in [0.5, 0.6) is 28.7 Å². The van der Waals surface area contributed by atoms with Crippen molar-refractivity contribution in [1.82, 2.24) is 0 Å². The van der Waals surface area contributed by atoms with Crippen molar-refractivity contribution in [2.75, 3.05) is 21.3 Å². The number of fused-ring (bicyclic) bond motifs is 1. The first kappa shape index (κ1) is 16.5. The molecule has 3 rings (SSSR count). The Labute approximate surface area is 142 Å². The van der Waals surface area contributed by atoms with Gasteiger partial charge in [0.25, 0.3) is 0 Å². The van der Waals surface area contributed by atoms with Gasteiger partial charge in [-0.2, -0.15) is 0 Å². The van der Waals surface area contributed by atoms with Crippen LogP contribution in [0.1, 0.15) is 0 Å². The molecular weight excluding hydrogens is 328 g/mol. The lowest BCUT2D eigenvalue weighted by atomic mass is 10.0. The highest BCUT2D eigenvalue weighted by Gasteiger charge is 2.22. The minimum absolute atomic E-state index is 0.0518. The Morgan fingerprint density at radius 3 is 2.32 bits per heavy atom. The van der Waals surface area contributed by atoms with E-state index in [1.54, 1.807) is 12.1 Å². The minimum atomic E-state index is -0.444. The summed E-state index contributed by atoms with van der Waals surface area (Å²) in [5.41, 5.74) is 0.0163. The van der Waals surface area contributed by atoms with Crippen LogP contribution in [0, 0.1) is 0 Å². The molecule has 0 unspecified atom stereocenters. The van der Waals surface area contributed by atoms with Crippen LogP contribution >= 0.6 is 0 Å². The van der Waals surface area contributed by atoms with E-state index in [1.165, 1.54) is 39.7 Å². The van der Waals surface area contributed by atoms with E-state index in [2.05, 4.69) is 0 Å². The number of phenolic OH excluding ortho intramolecular Hbond substituents is 2. The van der Waals surface area contributed by atoms with E-state index in [0.29, 0.717) is 5.56 Å². The van der Waals surface area contributed by atoms with Gasteiger partial charge in [-0.05, 0) is 6.07 Å². The number of phenols is 2. The molecule has 3 aromatic rings. The molecular formula is C18H16O7. The zero-order valence-electron chi connectivity index (χ0n) is 13.8. The minimum Gasteiger partial charge on any atom is -0.504 e. The maximum Gasteiger partial charge on any atom is 0.204 e. The molecule has 130 valence electrons. The molecule has 7 heteroatoms. The van der Waals surface area contributed by atoms with Crippen LogP contribution in [-0.2, 0) is 0 Å². The fourth-order valence-corrected chi connectivity index (χ4v) is 2.69. The van der Waals surface area contributed by atoms with Gasteiger partial charge in [0.15, 0.2) is 22.8 Å². The van der Waals surface area contributed by atoms with E-state index in [4.69, 9.17) is 18.6 Å². The highest BCUT2D eigenvalue weighted by atomic mass is 16.5. The molecule has 7 nitrogen and oxygen atoms in total. The van der Waals surface area contributed by atoms with Gasteiger partial charge >= 0.3 is 0 Å². The first-order valence-electron chi connectivity index (χ1n) is 7.29. The van der Waals surface area contributed by atoms with E-state index in [0.717, 1.165) is 0 Å². The van der Waals surface area contributed by atoms with E-state index in [1.807, 2.05) is 0 Å². The number of benzene rings is 2. The van der Waals surface area contributed by atoms with Crippen molar-refractivity contribution in [3.05, 3.63) is 40.8 Å². The lowest BCUT2D eigenvalue weighted by Gasteiger charge is -2.13. The normalized spacial score (nSPS) is 10.7. The van der Waals surface area contributed by atoms with Crippen molar-refractivity contribution < 1.29 is 28.8 Å². The first-order chi connectivity index (χ1) is 12.0. The van der Waals surface area contributed by atoms with Gasteiger partial charge in [0.05, 0.1) is 26.9 Å². The number of methoxy groups -OCH3 is 3. The van der Waals surface area contributed by atoms with Crippen LogP contribution in [0.4, 0.5) is 0 Å². The molecule has 25 heavy (non-hydrogen) atoms. The summed E-state index contributed by atoms with van der Waals surface area (Å²) in [6.45, 7) is 0. The monoisotopic (exact) mass is 344 g/mol. The second kappa shape index (κ2) is 6.27. The third-order valence-electron chi connectivity index (χ3n) is 3.88. The Hall–Kier alpha value is -3.35. The van der Waals surface area contributed by atoms with Gasteiger partial charge in [-0.25, -0.2) is 0 Å². The molecule has 0 amide bonds. The molecule has 2 aromatic carbocycles. The van der Waals surface area contributed by atoms with Crippen molar-refractivity contribution in [1.29, 1.82) is 0 Å². The van der Waals surface area contributed by atoms with E-state index in [9.17, 15) is 15.0 Å². The fourth-order valence-electron chi connectivity index (χ4n) is 2.69. The lowest BCUT2D eigenvalue weighted by molar-refractivity contribution is 0.363. The summed E-state index contributed by atoms with van der Waals surface area (Å²) in [4.78, 5) is 13.0. The number of rotatable bonds is 4. The molecule has 0 radical (unpaired) electrons. The SMILES string of the molecule is COc1cc(OC)c2c(=O)c(-c3cccc(O)c3OC)coc2c1O. The summed E-state index contributed by atoms with van der Waals surface area (Å²) < 4.78 is 21.0. The van der Waals surface area contributed by atoms with Crippen molar-refractivity contribution in [3.8, 4) is 39.9 Å². The smallest absolute Gasteiger partial charge is 0.204 e. The number of hydrogen-bond acceptors (Lipinski definition) is 7. The van der Waals surface area contributed by atoms with Gasteiger partial charge in [-0.1, -0.05) is 12.1 Å². The Balaban J connectivity index is 2.40. The lowest BCUT2D eigenvalue weighted by Crippen LogP contribution is -2.07. The molecule has 0 bridgehead atoms. The standard InChI is InChI=1S/C18H16O7/c1-22-12-7-13(23-2)16(21)18-14(12)15(20)10(8-25-18)9-5-4-6-11(19)17(9)24-3/h4-8,19,21H,1-3H3. The highest BCUT2D eigenvalue weighted by molar-refractivity contribution is 5.93. The van der Waals surface area contributed by atoms with Gasteiger partial charge in [0, 0.05) is 11.6 Å². The average Bonchev–Trinajstić information content (AvgIpc) is 2.62. The van der Waals surface area contributed by atoms with Crippen LogP contribution in [0.2, 0.25) is 0 Å². The molecule has 0 aliphatic heterocycles. The van der Waals surface area contributed by atoms with Gasteiger partial charge < -0.3 is 28.8 Å². The molecule has 1 heterocycles. The third-order valence-corrected chi connectivity index (χ3v) is 3.88. The summed E-state index contributed by atoms with van der Waals surface area (Å²) >= 11 is 0. The van der Waals surface area contributed by atoms with Crippen molar-refractivity contribution in [2.45, 2.75) is 0 Å². The summed E-state index contributed by atoms with van der Waals surface area (Å²) in [7, 11) is 4.16. The van der Waals surface area contributed by atoms with Crippen LogP contribution in [0.25, 0.3) is 22.1 Å². The van der Waals surface area contributed by atoms with Crippen LogP contribution in [0.15, 0.2) is 39.7 Å². The molecule has 0 spiro atoms. The van der Waals surface area contributed by atoms with E-state index in [-0.39, 0.29) is 45.3 Å². The molecule has 0 aliphatic carbocycles. The number of ether oxygens (including phenoxy) is 3. The molecule has 0 aliphatic rings.